The van der Waals surface area contributed by atoms with Crippen LogP contribution in [-0.2, 0) is 0 Å². The number of rotatable bonds is 4. The van der Waals surface area contributed by atoms with E-state index in [0.29, 0.717) is 0 Å². The third-order valence-corrected chi connectivity index (χ3v) is 9.76. The van der Waals surface area contributed by atoms with Crippen LogP contribution in [0, 0.1) is 0 Å². The molecule has 6 aromatic carbocycles. The Bertz CT molecular complexity index is 2120. The molecule has 0 atom stereocenters. The van der Waals surface area contributed by atoms with Crippen LogP contribution in [0.4, 0.5) is 17.1 Å². The molecule has 8 rings (SSSR count). The third-order valence-electron chi connectivity index (χ3n) is 7.47. The largest absolute Gasteiger partial charge is 0.310 e. The summed E-state index contributed by atoms with van der Waals surface area (Å²) in [5, 5.41) is 5.32. The quantitative estimate of drug-likeness (QED) is 0.217. The maximum Gasteiger partial charge on any atom is 0.0476 e. The van der Waals surface area contributed by atoms with Crippen LogP contribution in [0.1, 0.15) is 0 Å². The topological polar surface area (TPSA) is 3.24 Å². The highest BCUT2D eigenvalue weighted by molar-refractivity contribution is 7.26. The molecule has 0 saturated heterocycles. The second-order valence-electron chi connectivity index (χ2n) is 9.81. The van der Waals surface area contributed by atoms with Crippen LogP contribution in [0.3, 0.4) is 0 Å². The molecule has 0 unspecified atom stereocenters. The predicted octanol–water partition coefficient (Wildman–Crippen LogP) is 11.6. The minimum Gasteiger partial charge on any atom is -0.310 e. The molecule has 3 heteroatoms. The van der Waals surface area contributed by atoms with Crippen molar-refractivity contribution in [3.05, 3.63) is 140 Å². The minimum absolute atomic E-state index is 1.15. The van der Waals surface area contributed by atoms with Gasteiger partial charge in [0, 0.05) is 57.4 Å². The second kappa shape index (κ2) is 9.09. The Kier molecular flexibility index (Phi) is 5.25. The summed E-state index contributed by atoms with van der Waals surface area (Å²) in [6.07, 6.45) is 0. The van der Waals surface area contributed by atoms with E-state index < -0.39 is 0 Å². The van der Waals surface area contributed by atoms with Gasteiger partial charge in [0.1, 0.15) is 0 Å². The number of hydrogen-bond donors (Lipinski definition) is 0. The summed E-state index contributed by atoms with van der Waals surface area (Å²) in [5.74, 6) is 0. The lowest BCUT2D eigenvalue weighted by Crippen LogP contribution is -2.09. The molecule has 0 aliphatic rings. The van der Waals surface area contributed by atoms with Gasteiger partial charge in [0.2, 0.25) is 0 Å². The molecule has 0 fully saturated rings. The summed E-state index contributed by atoms with van der Waals surface area (Å²) in [6, 6.07) is 50.7. The molecule has 0 spiro atoms. The number of anilines is 3. The molecule has 0 bridgehead atoms. The maximum atomic E-state index is 2.35. The van der Waals surface area contributed by atoms with Crippen molar-refractivity contribution in [2.45, 2.75) is 0 Å². The van der Waals surface area contributed by atoms with E-state index >= 15 is 0 Å². The molecule has 0 saturated carbocycles. The van der Waals surface area contributed by atoms with E-state index in [4.69, 9.17) is 0 Å². The molecule has 0 radical (unpaired) electrons. The van der Waals surface area contributed by atoms with Crippen LogP contribution < -0.4 is 4.90 Å². The van der Waals surface area contributed by atoms with Crippen molar-refractivity contribution in [1.29, 1.82) is 0 Å². The van der Waals surface area contributed by atoms with Gasteiger partial charge in [-0.25, -0.2) is 0 Å². The number of nitrogens with zero attached hydrogens (tertiary/aromatic N) is 1. The van der Waals surface area contributed by atoms with Gasteiger partial charge in [-0.1, -0.05) is 78.9 Å². The SMILES string of the molecule is c1ccc(N(c2ccc(-c3ccc4sc5ccccc5c4c3)cc2)c2ccc3c(c2)sc2ccccc23)cc1. The molecule has 0 N–H and O–H groups in total. The molecule has 2 aromatic heterocycles. The normalized spacial score (nSPS) is 11.6. The smallest absolute Gasteiger partial charge is 0.0476 e. The van der Waals surface area contributed by atoms with Crippen LogP contribution in [0.2, 0.25) is 0 Å². The van der Waals surface area contributed by atoms with Crippen LogP contribution in [-0.4, -0.2) is 0 Å². The number of fused-ring (bicyclic) bond motifs is 6. The lowest BCUT2D eigenvalue weighted by molar-refractivity contribution is 1.29. The van der Waals surface area contributed by atoms with Gasteiger partial charge in [-0.3, -0.25) is 0 Å². The van der Waals surface area contributed by atoms with Gasteiger partial charge in [-0.15, -0.1) is 22.7 Å². The standard InChI is InChI=1S/C36H23NS2/c1-2-8-26(9-3-1)37(28-19-20-31-29-10-4-6-12-33(29)39-36(31)23-28)27-17-14-24(15-18-27)25-16-21-35-32(22-25)30-11-5-7-13-34(30)38-35/h1-23H. The average Bonchev–Trinajstić information content (AvgIpc) is 3.56. The Morgan fingerprint density at radius 2 is 0.872 bits per heavy atom. The molecule has 184 valence electrons. The van der Waals surface area contributed by atoms with E-state index in [1.165, 1.54) is 57.2 Å². The van der Waals surface area contributed by atoms with Crippen molar-refractivity contribution in [2.75, 3.05) is 4.90 Å². The fourth-order valence-corrected chi connectivity index (χ4v) is 7.81. The molecule has 0 aliphatic carbocycles. The van der Waals surface area contributed by atoms with Gasteiger partial charge in [0.15, 0.2) is 0 Å². The minimum atomic E-state index is 1.15. The average molecular weight is 534 g/mol. The Labute approximate surface area is 234 Å². The van der Waals surface area contributed by atoms with Crippen LogP contribution in [0.15, 0.2) is 140 Å². The summed E-state index contributed by atoms with van der Waals surface area (Å²) in [5.41, 5.74) is 5.93. The van der Waals surface area contributed by atoms with E-state index in [1.54, 1.807) is 0 Å². The summed E-state index contributed by atoms with van der Waals surface area (Å²) in [7, 11) is 0. The van der Waals surface area contributed by atoms with Gasteiger partial charge in [-0.05, 0) is 71.8 Å². The highest BCUT2D eigenvalue weighted by atomic mass is 32.1. The number of hydrogen-bond acceptors (Lipinski definition) is 3. The van der Waals surface area contributed by atoms with Crippen molar-refractivity contribution in [2.24, 2.45) is 0 Å². The van der Waals surface area contributed by atoms with Gasteiger partial charge in [-0.2, -0.15) is 0 Å². The number of thiophene rings is 2. The van der Waals surface area contributed by atoms with E-state index in [9.17, 15) is 0 Å². The summed E-state index contributed by atoms with van der Waals surface area (Å²) >= 11 is 3.72. The molecular formula is C36H23NS2. The van der Waals surface area contributed by atoms with Crippen molar-refractivity contribution in [1.82, 2.24) is 0 Å². The van der Waals surface area contributed by atoms with E-state index in [-0.39, 0.29) is 0 Å². The predicted molar refractivity (Wildman–Crippen MR) is 172 cm³/mol. The lowest BCUT2D eigenvalue weighted by atomic mass is 10.0. The molecule has 39 heavy (non-hydrogen) atoms. The summed E-state index contributed by atoms with van der Waals surface area (Å²) in [4.78, 5) is 2.35. The van der Waals surface area contributed by atoms with Crippen molar-refractivity contribution in [3.63, 3.8) is 0 Å². The number of benzene rings is 6. The zero-order valence-electron chi connectivity index (χ0n) is 21.0. The highest BCUT2D eigenvalue weighted by Crippen LogP contribution is 2.41. The third kappa shape index (κ3) is 3.82. The van der Waals surface area contributed by atoms with Crippen LogP contribution in [0.25, 0.3) is 51.5 Å². The molecular weight excluding hydrogens is 511 g/mol. The molecule has 1 nitrogen and oxygen atoms in total. The van der Waals surface area contributed by atoms with Crippen molar-refractivity contribution >= 4 is 80.1 Å². The molecule has 8 aromatic rings. The maximum absolute atomic E-state index is 2.35. The Morgan fingerprint density at radius 3 is 1.64 bits per heavy atom. The Hall–Kier alpha value is -4.44. The fraction of sp³-hybridized carbons (Fsp3) is 0. The van der Waals surface area contributed by atoms with Gasteiger partial charge >= 0.3 is 0 Å². The first kappa shape index (κ1) is 22.5. The van der Waals surface area contributed by atoms with Gasteiger partial charge < -0.3 is 4.90 Å². The summed E-state index contributed by atoms with van der Waals surface area (Å²) < 4.78 is 5.32. The molecule has 0 aliphatic heterocycles. The zero-order chi connectivity index (χ0) is 25.8. The van der Waals surface area contributed by atoms with Gasteiger partial charge in [0.25, 0.3) is 0 Å². The van der Waals surface area contributed by atoms with E-state index in [1.807, 2.05) is 22.7 Å². The molecule has 2 heterocycles. The second-order valence-corrected chi connectivity index (χ2v) is 12.0. The summed E-state index contributed by atoms with van der Waals surface area (Å²) in [6.45, 7) is 0. The van der Waals surface area contributed by atoms with Crippen LogP contribution >= 0.6 is 22.7 Å². The van der Waals surface area contributed by atoms with E-state index in [0.717, 1.165) is 11.4 Å². The Morgan fingerprint density at radius 1 is 0.333 bits per heavy atom. The van der Waals surface area contributed by atoms with Crippen molar-refractivity contribution in [3.8, 4) is 11.1 Å². The van der Waals surface area contributed by atoms with E-state index in [2.05, 4.69) is 144 Å². The lowest BCUT2D eigenvalue weighted by Gasteiger charge is -2.25. The Balaban J connectivity index is 1.22. The van der Waals surface area contributed by atoms with Crippen LogP contribution in [0.5, 0.6) is 0 Å². The first-order chi connectivity index (χ1) is 19.3. The van der Waals surface area contributed by atoms with Gasteiger partial charge in [0.05, 0.1) is 0 Å². The highest BCUT2D eigenvalue weighted by Gasteiger charge is 2.15. The van der Waals surface area contributed by atoms with Crippen molar-refractivity contribution < 1.29 is 0 Å². The monoisotopic (exact) mass is 533 g/mol. The first-order valence-corrected chi connectivity index (χ1v) is 14.7. The fourth-order valence-electron chi connectivity index (χ4n) is 5.59. The first-order valence-electron chi connectivity index (χ1n) is 13.1. The zero-order valence-corrected chi connectivity index (χ0v) is 22.7. The molecule has 0 amide bonds. The number of para-hydroxylation sites is 1.